The number of hydrogen-bond donors (Lipinski definition) is 3. The zero-order valence-corrected chi connectivity index (χ0v) is 16.5. The van der Waals surface area contributed by atoms with Crippen molar-refractivity contribution in [1.82, 2.24) is 9.97 Å². The molecule has 8 heteroatoms. The maximum Gasteiger partial charge on any atom is 0.160 e. The fourth-order valence-electron chi connectivity index (χ4n) is 2.70. The monoisotopic (exact) mass is 399 g/mol. The third kappa shape index (κ3) is 4.75. The van der Waals surface area contributed by atoms with E-state index in [0.717, 1.165) is 17.7 Å². The second-order valence-electron chi connectivity index (χ2n) is 5.99. The Labute approximate surface area is 168 Å². The Kier molecular flexibility index (Phi) is 6.39. The number of nitrogens with one attached hydrogen (secondary N) is 2. The van der Waals surface area contributed by atoms with E-state index >= 15 is 0 Å². The first-order valence-corrected chi connectivity index (χ1v) is 9.06. The first-order valence-electron chi connectivity index (χ1n) is 8.68. The Morgan fingerprint density at radius 3 is 2.54 bits per heavy atom. The fourth-order valence-corrected chi connectivity index (χ4v) is 2.89. The van der Waals surface area contributed by atoms with Crippen LogP contribution >= 0.6 is 11.6 Å². The topological polar surface area (TPSA) is 94.3 Å². The molecule has 0 amide bonds. The van der Waals surface area contributed by atoms with Gasteiger partial charge in [0.2, 0.25) is 0 Å². The van der Waals surface area contributed by atoms with Crippen molar-refractivity contribution in [2.75, 3.05) is 37.1 Å². The molecule has 1 aromatic heterocycles. The van der Waals surface area contributed by atoms with Crippen molar-refractivity contribution in [3.63, 3.8) is 0 Å². The van der Waals surface area contributed by atoms with Gasteiger partial charge in [-0.05, 0) is 42.3 Å². The van der Waals surface area contributed by atoms with Crippen molar-refractivity contribution in [2.24, 2.45) is 0 Å². The summed E-state index contributed by atoms with van der Waals surface area (Å²) in [5, 5.41) is 7.04. The maximum atomic E-state index is 6.21. The van der Waals surface area contributed by atoms with Gasteiger partial charge in [0.1, 0.15) is 12.0 Å². The molecule has 0 unspecified atom stereocenters. The molecule has 0 aliphatic carbocycles. The number of ether oxygens (including phenoxy) is 2. The van der Waals surface area contributed by atoms with Gasteiger partial charge in [0.05, 0.1) is 14.2 Å². The van der Waals surface area contributed by atoms with Crippen LogP contribution in [0.5, 0.6) is 11.5 Å². The molecule has 0 radical (unpaired) electrons. The summed E-state index contributed by atoms with van der Waals surface area (Å²) >= 11 is 6.02. The summed E-state index contributed by atoms with van der Waals surface area (Å²) in [6.45, 7) is 0.646. The lowest BCUT2D eigenvalue weighted by Gasteiger charge is -2.13. The number of rotatable bonds is 8. The van der Waals surface area contributed by atoms with Crippen LogP contribution in [0.3, 0.4) is 0 Å². The van der Waals surface area contributed by atoms with Crippen molar-refractivity contribution in [3.05, 3.63) is 59.4 Å². The first-order chi connectivity index (χ1) is 13.6. The van der Waals surface area contributed by atoms with Gasteiger partial charge < -0.3 is 25.8 Å². The Hall–Kier alpha value is -3.19. The van der Waals surface area contributed by atoms with Gasteiger partial charge in [-0.15, -0.1) is 0 Å². The zero-order valence-electron chi connectivity index (χ0n) is 15.7. The van der Waals surface area contributed by atoms with E-state index in [0.29, 0.717) is 40.4 Å². The molecule has 2 aromatic carbocycles. The molecule has 4 N–H and O–H groups in total. The minimum atomic E-state index is 0.440. The second-order valence-corrected chi connectivity index (χ2v) is 6.42. The van der Waals surface area contributed by atoms with Crippen LogP contribution < -0.4 is 25.8 Å². The van der Waals surface area contributed by atoms with Gasteiger partial charge in [-0.25, -0.2) is 9.97 Å². The summed E-state index contributed by atoms with van der Waals surface area (Å²) in [5.74, 6) is 2.50. The molecule has 0 aliphatic rings. The van der Waals surface area contributed by atoms with Crippen LogP contribution in [0.25, 0.3) is 0 Å². The van der Waals surface area contributed by atoms with Crippen molar-refractivity contribution in [2.45, 2.75) is 6.42 Å². The van der Waals surface area contributed by atoms with Crippen LogP contribution in [0, 0.1) is 0 Å². The fraction of sp³-hybridized carbons (Fsp3) is 0.200. The molecule has 3 rings (SSSR count). The number of aromatic nitrogens is 2. The molecule has 7 nitrogen and oxygen atoms in total. The molecule has 0 saturated carbocycles. The van der Waals surface area contributed by atoms with Crippen LogP contribution in [0.15, 0.2) is 48.8 Å². The van der Waals surface area contributed by atoms with Gasteiger partial charge in [0.25, 0.3) is 0 Å². The van der Waals surface area contributed by atoms with Gasteiger partial charge >= 0.3 is 0 Å². The maximum absolute atomic E-state index is 6.21. The van der Waals surface area contributed by atoms with E-state index in [9.17, 15) is 0 Å². The highest BCUT2D eigenvalue weighted by molar-refractivity contribution is 6.30. The molecule has 0 aliphatic heterocycles. The lowest BCUT2D eigenvalue weighted by molar-refractivity contribution is 0.354. The van der Waals surface area contributed by atoms with E-state index < -0.39 is 0 Å². The van der Waals surface area contributed by atoms with Gasteiger partial charge in [0, 0.05) is 17.3 Å². The Balaban J connectivity index is 1.65. The number of halogens is 1. The number of anilines is 4. The van der Waals surface area contributed by atoms with Crippen molar-refractivity contribution in [3.8, 4) is 11.5 Å². The molecule has 1 heterocycles. The zero-order chi connectivity index (χ0) is 19.9. The predicted octanol–water partition coefficient (Wildman–Crippen LogP) is 4.13. The van der Waals surface area contributed by atoms with E-state index in [1.54, 1.807) is 26.4 Å². The molecular formula is C20H22ClN5O2. The molecule has 0 fully saturated rings. The van der Waals surface area contributed by atoms with Crippen molar-refractivity contribution < 1.29 is 9.47 Å². The highest BCUT2D eigenvalue weighted by Crippen LogP contribution is 2.29. The Bertz CT molecular complexity index is 952. The molecule has 3 aromatic rings. The van der Waals surface area contributed by atoms with Crippen LogP contribution in [-0.4, -0.2) is 30.7 Å². The molecule has 0 saturated heterocycles. The minimum Gasteiger partial charge on any atom is -0.493 e. The highest BCUT2D eigenvalue weighted by atomic mass is 35.5. The third-order valence-electron chi connectivity index (χ3n) is 4.13. The summed E-state index contributed by atoms with van der Waals surface area (Å²) in [5.41, 5.74) is 8.56. The van der Waals surface area contributed by atoms with E-state index in [4.69, 9.17) is 26.8 Å². The average molecular weight is 400 g/mol. The number of hydrogen-bond acceptors (Lipinski definition) is 7. The smallest absolute Gasteiger partial charge is 0.160 e. The lowest BCUT2D eigenvalue weighted by Crippen LogP contribution is -2.10. The predicted molar refractivity (Wildman–Crippen MR) is 113 cm³/mol. The summed E-state index contributed by atoms with van der Waals surface area (Å²) in [6.07, 6.45) is 2.23. The van der Waals surface area contributed by atoms with E-state index in [1.807, 2.05) is 30.3 Å². The van der Waals surface area contributed by atoms with Gasteiger partial charge in [-0.2, -0.15) is 0 Å². The van der Waals surface area contributed by atoms with Crippen LogP contribution in [-0.2, 0) is 6.42 Å². The van der Waals surface area contributed by atoms with Gasteiger partial charge in [-0.1, -0.05) is 23.7 Å². The van der Waals surface area contributed by atoms with Crippen LogP contribution in [0.4, 0.5) is 23.0 Å². The number of benzene rings is 2. The number of nitrogens with two attached hydrogens (primary N) is 1. The molecule has 0 atom stereocenters. The molecule has 146 valence electrons. The van der Waals surface area contributed by atoms with Gasteiger partial charge in [0.15, 0.2) is 23.1 Å². The van der Waals surface area contributed by atoms with E-state index in [1.165, 1.54) is 6.33 Å². The Morgan fingerprint density at radius 1 is 1.00 bits per heavy atom. The normalized spacial score (nSPS) is 10.4. The molecule has 0 bridgehead atoms. The van der Waals surface area contributed by atoms with Crippen LogP contribution in [0.1, 0.15) is 5.56 Å². The SMILES string of the molecule is COc1ccc(CCNc2ncnc(Nc3cccc(Cl)c3)c2N)cc1OC. The molecule has 0 spiro atoms. The highest BCUT2D eigenvalue weighted by Gasteiger charge is 2.09. The summed E-state index contributed by atoms with van der Waals surface area (Å²) < 4.78 is 10.6. The first kappa shape index (κ1) is 19.6. The second kappa shape index (κ2) is 9.14. The Morgan fingerprint density at radius 2 is 1.79 bits per heavy atom. The van der Waals surface area contributed by atoms with Crippen molar-refractivity contribution >= 4 is 34.6 Å². The summed E-state index contributed by atoms with van der Waals surface area (Å²) in [6, 6.07) is 13.2. The largest absolute Gasteiger partial charge is 0.493 e. The minimum absolute atomic E-state index is 0.440. The average Bonchev–Trinajstić information content (AvgIpc) is 2.70. The standard InChI is InChI=1S/C20H22ClN5O2/c1-27-16-7-6-13(10-17(16)28-2)8-9-23-19-18(22)20(25-12-24-19)26-15-5-3-4-14(21)11-15/h3-7,10-12H,8-9,22H2,1-2H3,(H2,23,24,25,26). The molecule has 28 heavy (non-hydrogen) atoms. The number of nitrogen functional groups attached to an aromatic ring is 1. The number of methoxy groups -OCH3 is 2. The van der Waals surface area contributed by atoms with E-state index in [2.05, 4.69) is 20.6 Å². The summed E-state index contributed by atoms with van der Waals surface area (Å²) in [4.78, 5) is 8.44. The lowest BCUT2D eigenvalue weighted by atomic mass is 10.1. The number of nitrogens with zero attached hydrogens (tertiary/aromatic N) is 2. The molecular weight excluding hydrogens is 378 g/mol. The van der Waals surface area contributed by atoms with Crippen LogP contribution in [0.2, 0.25) is 5.02 Å². The third-order valence-corrected chi connectivity index (χ3v) is 4.36. The van der Waals surface area contributed by atoms with Crippen molar-refractivity contribution in [1.29, 1.82) is 0 Å². The van der Waals surface area contributed by atoms with Gasteiger partial charge in [-0.3, -0.25) is 0 Å². The summed E-state index contributed by atoms with van der Waals surface area (Å²) in [7, 11) is 3.24. The quantitative estimate of drug-likeness (QED) is 0.524. The van der Waals surface area contributed by atoms with E-state index in [-0.39, 0.29) is 0 Å².